The Kier molecular flexibility index (Phi) is 5.43. The van der Waals surface area contributed by atoms with E-state index in [1.807, 2.05) is 13.0 Å². The number of ether oxygens (including phenoxy) is 1. The summed E-state index contributed by atoms with van der Waals surface area (Å²) in [5.74, 6) is 0.944. The topological polar surface area (TPSA) is 15.7 Å². The average molecular weight is 210 g/mol. The van der Waals surface area contributed by atoms with Gasteiger partial charge < -0.3 is 9.64 Å². The van der Waals surface area contributed by atoms with Gasteiger partial charge in [0, 0.05) is 32.7 Å². The van der Waals surface area contributed by atoms with Gasteiger partial charge in [0.2, 0.25) is 0 Å². The molecule has 0 aromatic rings. The molecule has 3 heteroatoms. The molecule has 1 saturated heterocycles. The van der Waals surface area contributed by atoms with Crippen molar-refractivity contribution in [2.75, 3.05) is 46.4 Å². The lowest BCUT2D eigenvalue weighted by atomic mass is 10.3. The van der Waals surface area contributed by atoms with Gasteiger partial charge in [-0.05, 0) is 20.0 Å². The molecule has 0 bridgehead atoms. The van der Waals surface area contributed by atoms with E-state index in [1.165, 1.54) is 13.1 Å². The van der Waals surface area contributed by atoms with Gasteiger partial charge in [0.1, 0.15) is 6.61 Å². The Hall–Kier alpha value is -0.800. The monoisotopic (exact) mass is 210 g/mol. The molecule has 86 valence electrons. The zero-order valence-electron chi connectivity index (χ0n) is 9.91. The van der Waals surface area contributed by atoms with Crippen LogP contribution in [0.15, 0.2) is 24.5 Å². The summed E-state index contributed by atoms with van der Waals surface area (Å²) >= 11 is 0. The van der Waals surface area contributed by atoms with Crippen LogP contribution in [0, 0.1) is 0 Å². The third-order valence-electron chi connectivity index (χ3n) is 2.69. The number of likely N-dealkylation sites (N-methyl/N-ethyl adjacent to an activating group) is 1. The van der Waals surface area contributed by atoms with Gasteiger partial charge in [0.15, 0.2) is 0 Å². The molecule has 0 spiro atoms. The first-order chi connectivity index (χ1) is 7.22. The van der Waals surface area contributed by atoms with Gasteiger partial charge >= 0.3 is 0 Å². The SMILES string of the molecule is C=C/C=C(/C)OCCN1CCN(C)CC1. The van der Waals surface area contributed by atoms with E-state index in [0.29, 0.717) is 0 Å². The van der Waals surface area contributed by atoms with Gasteiger partial charge in [-0.25, -0.2) is 0 Å². The summed E-state index contributed by atoms with van der Waals surface area (Å²) < 4.78 is 5.55. The molecule has 1 aliphatic rings. The summed E-state index contributed by atoms with van der Waals surface area (Å²) in [5.41, 5.74) is 0. The van der Waals surface area contributed by atoms with Crippen LogP contribution in [0.2, 0.25) is 0 Å². The van der Waals surface area contributed by atoms with Crippen molar-refractivity contribution >= 4 is 0 Å². The summed E-state index contributed by atoms with van der Waals surface area (Å²) in [6.07, 6.45) is 3.65. The van der Waals surface area contributed by atoms with Crippen LogP contribution in [0.5, 0.6) is 0 Å². The Bertz CT molecular complexity index is 218. The van der Waals surface area contributed by atoms with Gasteiger partial charge in [0.05, 0.1) is 5.76 Å². The smallest absolute Gasteiger partial charge is 0.100 e. The lowest BCUT2D eigenvalue weighted by molar-refractivity contribution is 0.113. The highest BCUT2D eigenvalue weighted by atomic mass is 16.5. The predicted molar refractivity (Wildman–Crippen MR) is 63.8 cm³/mol. The van der Waals surface area contributed by atoms with Gasteiger partial charge in [-0.2, -0.15) is 0 Å². The maximum atomic E-state index is 5.55. The minimum absolute atomic E-state index is 0.778. The molecule has 1 heterocycles. The molecular formula is C12H22N2O. The van der Waals surface area contributed by atoms with E-state index in [0.717, 1.165) is 32.0 Å². The van der Waals surface area contributed by atoms with Crippen molar-refractivity contribution in [3.05, 3.63) is 24.5 Å². The molecule has 15 heavy (non-hydrogen) atoms. The van der Waals surface area contributed by atoms with Crippen LogP contribution in [-0.4, -0.2) is 56.2 Å². The van der Waals surface area contributed by atoms with Gasteiger partial charge in [-0.15, -0.1) is 0 Å². The number of allylic oxidation sites excluding steroid dienone is 3. The maximum Gasteiger partial charge on any atom is 0.100 e. The lowest BCUT2D eigenvalue weighted by Crippen LogP contribution is -2.45. The van der Waals surface area contributed by atoms with Gasteiger partial charge in [0.25, 0.3) is 0 Å². The second kappa shape index (κ2) is 6.64. The van der Waals surface area contributed by atoms with Crippen molar-refractivity contribution in [2.24, 2.45) is 0 Å². The number of nitrogens with zero attached hydrogens (tertiary/aromatic N) is 2. The van der Waals surface area contributed by atoms with E-state index >= 15 is 0 Å². The molecule has 1 aliphatic heterocycles. The second-order valence-corrected chi connectivity index (χ2v) is 4.01. The summed E-state index contributed by atoms with van der Waals surface area (Å²) in [7, 11) is 2.17. The molecule has 0 saturated carbocycles. The van der Waals surface area contributed by atoms with Crippen LogP contribution >= 0.6 is 0 Å². The first-order valence-corrected chi connectivity index (χ1v) is 5.55. The Balaban J connectivity index is 2.10. The Morgan fingerprint density at radius 1 is 1.33 bits per heavy atom. The van der Waals surface area contributed by atoms with Crippen LogP contribution in [0.4, 0.5) is 0 Å². The van der Waals surface area contributed by atoms with E-state index in [4.69, 9.17) is 4.74 Å². The van der Waals surface area contributed by atoms with Crippen LogP contribution in [0.3, 0.4) is 0 Å². The van der Waals surface area contributed by atoms with Crippen molar-refractivity contribution in [1.82, 2.24) is 9.80 Å². The fourth-order valence-corrected chi connectivity index (χ4v) is 1.62. The van der Waals surface area contributed by atoms with Crippen LogP contribution in [-0.2, 0) is 4.74 Å². The van der Waals surface area contributed by atoms with Crippen molar-refractivity contribution in [3.8, 4) is 0 Å². The quantitative estimate of drug-likeness (QED) is 0.503. The van der Waals surface area contributed by atoms with E-state index < -0.39 is 0 Å². The van der Waals surface area contributed by atoms with E-state index in [1.54, 1.807) is 6.08 Å². The molecule has 0 aromatic heterocycles. The number of hydrogen-bond donors (Lipinski definition) is 0. The minimum Gasteiger partial charge on any atom is -0.497 e. The van der Waals surface area contributed by atoms with Gasteiger partial charge in [-0.3, -0.25) is 4.90 Å². The molecule has 1 fully saturated rings. The molecule has 0 amide bonds. The van der Waals surface area contributed by atoms with Crippen LogP contribution in [0.25, 0.3) is 0 Å². The molecule has 0 unspecified atom stereocenters. The molecule has 3 nitrogen and oxygen atoms in total. The lowest BCUT2D eigenvalue weighted by Gasteiger charge is -2.32. The highest BCUT2D eigenvalue weighted by Crippen LogP contribution is 2.00. The summed E-state index contributed by atoms with van der Waals surface area (Å²) in [4.78, 5) is 4.81. The third kappa shape index (κ3) is 5.00. The fourth-order valence-electron chi connectivity index (χ4n) is 1.62. The van der Waals surface area contributed by atoms with Gasteiger partial charge in [-0.1, -0.05) is 12.7 Å². The zero-order valence-corrected chi connectivity index (χ0v) is 9.91. The standard InChI is InChI=1S/C12H22N2O/c1-4-5-12(2)15-11-10-14-8-6-13(3)7-9-14/h4-5H,1,6-11H2,2-3H3/b12-5-. The average Bonchev–Trinajstić information content (AvgIpc) is 2.21. The van der Waals surface area contributed by atoms with Crippen molar-refractivity contribution in [1.29, 1.82) is 0 Å². The van der Waals surface area contributed by atoms with E-state index in [2.05, 4.69) is 23.4 Å². The molecule has 1 rings (SSSR count). The number of rotatable bonds is 5. The highest BCUT2D eigenvalue weighted by molar-refractivity contribution is 5.01. The molecule has 0 radical (unpaired) electrons. The Labute approximate surface area is 93.0 Å². The maximum absolute atomic E-state index is 5.55. The molecular weight excluding hydrogens is 188 g/mol. The Morgan fingerprint density at radius 3 is 2.60 bits per heavy atom. The van der Waals surface area contributed by atoms with Crippen molar-refractivity contribution in [3.63, 3.8) is 0 Å². The molecule has 0 aromatic carbocycles. The van der Waals surface area contributed by atoms with Crippen LogP contribution < -0.4 is 0 Å². The summed E-state index contributed by atoms with van der Waals surface area (Å²) in [6.45, 7) is 12.1. The number of piperazine rings is 1. The summed E-state index contributed by atoms with van der Waals surface area (Å²) in [6, 6.07) is 0. The highest BCUT2D eigenvalue weighted by Gasteiger charge is 2.12. The normalized spacial score (nSPS) is 20.3. The third-order valence-corrected chi connectivity index (χ3v) is 2.69. The molecule has 0 aliphatic carbocycles. The largest absolute Gasteiger partial charge is 0.497 e. The number of hydrogen-bond acceptors (Lipinski definition) is 3. The molecule has 0 atom stereocenters. The van der Waals surface area contributed by atoms with Crippen LogP contribution in [0.1, 0.15) is 6.92 Å². The fraction of sp³-hybridized carbons (Fsp3) is 0.667. The first kappa shape index (κ1) is 12.3. The molecule has 0 N–H and O–H groups in total. The second-order valence-electron chi connectivity index (χ2n) is 4.01. The first-order valence-electron chi connectivity index (χ1n) is 5.55. The minimum atomic E-state index is 0.778. The Morgan fingerprint density at radius 2 is 2.00 bits per heavy atom. The predicted octanol–water partition coefficient (Wildman–Crippen LogP) is 1.34. The summed E-state index contributed by atoms with van der Waals surface area (Å²) in [5, 5.41) is 0. The van der Waals surface area contributed by atoms with E-state index in [-0.39, 0.29) is 0 Å². The van der Waals surface area contributed by atoms with Crippen molar-refractivity contribution < 1.29 is 4.74 Å². The van der Waals surface area contributed by atoms with Crippen molar-refractivity contribution in [2.45, 2.75) is 6.92 Å². The zero-order chi connectivity index (χ0) is 11.1. The van der Waals surface area contributed by atoms with E-state index in [9.17, 15) is 0 Å².